The van der Waals surface area contributed by atoms with E-state index in [1.807, 2.05) is 6.07 Å². The number of nitrogens with zero attached hydrogens (tertiary/aromatic N) is 2. The molecule has 2 aliphatic heterocycles. The van der Waals surface area contributed by atoms with Gasteiger partial charge in [0.1, 0.15) is 23.2 Å². The number of nitriles is 1. The first-order valence-corrected chi connectivity index (χ1v) is 12.2. The minimum absolute atomic E-state index is 0.0866. The van der Waals surface area contributed by atoms with Crippen molar-refractivity contribution < 1.29 is 22.4 Å². The van der Waals surface area contributed by atoms with Gasteiger partial charge in [0.25, 0.3) is 11.8 Å². The lowest BCUT2D eigenvalue weighted by molar-refractivity contribution is -0.142. The van der Waals surface area contributed by atoms with Gasteiger partial charge in [0.15, 0.2) is 9.84 Å². The highest BCUT2D eigenvalue weighted by molar-refractivity contribution is 7.91. The first kappa shape index (κ1) is 22.3. The summed E-state index contributed by atoms with van der Waals surface area (Å²) in [5.41, 5.74) is 0.656. The average Bonchev–Trinajstić information content (AvgIpc) is 3.33. The highest BCUT2D eigenvalue weighted by Gasteiger charge is 2.43. The van der Waals surface area contributed by atoms with E-state index >= 15 is 0 Å². The van der Waals surface area contributed by atoms with E-state index in [1.165, 1.54) is 13.0 Å². The van der Waals surface area contributed by atoms with Crippen LogP contribution in [0.25, 0.3) is 17.4 Å². The quantitative estimate of drug-likeness (QED) is 0.474. The van der Waals surface area contributed by atoms with E-state index in [9.17, 15) is 23.3 Å². The number of rotatable bonds is 3. The van der Waals surface area contributed by atoms with Crippen LogP contribution in [0.3, 0.4) is 0 Å². The molecule has 1 aromatic heterocycles. The maximum atomic E-state index is 13.2. The molecular formula is C22H16Cl2N2O5S. The summed E-state index contributed by atoms with van der Waals surface area (Å²) in [4.78, 5) is 26.9. The number of amides is 2. The first-order chi connectivity index (χ1) is 15.1. The summed E-state index contributed by atoms with van der Waals surface area (Å²) < 4.78 is 29.6. The van der Waals surface area contributed by atoms with Crippen LogP contribution in [0.5, 0.6) is 0 Å². The average molecular weight is 491 g/mol. The number of hydrogen-bond donors (Lipinski definition) is 0. The number of hydrogen-bond acceptors (Lipinski definition) is 6. The third kappa shape index (κ3) is 3.99. The Kier molecular flexibility index (Phi) is 5.76. The molecule has 2 aromatic rings. The molecule has 32 heavy (non-hydrogen) atoms. The van der Waals surface area contributed by atoms with Gasteiger partial charge < -0.3 is 4.42 Å². The maximum Gasteiger partial charge on any atom is 0.271 e. The Balaban J connectivity index is 1.75. The van der Waals surface area contributed by atoms with Crippen molar-refractivity contribution in [1.82, 2.24) is 4.90 Å². The minimum atomic E-state index is -3.35. The second kappa shape index (κ2) is 8.24. The number of furan rings is 1. The van der Waals surface area contributed by atoms with Crippen molar-refractivity contribution in [2.75, 3.05) is 11.5 Å². The SMILES string of the molecule is CC1=C(C#N)C(=O)N(C2CCS(=O)(=O)C2)C(=O)/C1=C/c1ccc(-c2cc(Cl)ccc2Cl)o1. The summed E-state index contributed by atoms with van der Waals surface area (Å²) in [5.74, 6) is -1.14. The van der Waals surface area contributed by atoms with Crippen molar-refractivity contribution >= 4 is 50.9 Å². The summed E-state index contributed by atoms with van der Waals surface area (Å²) in [7, 11) is -3.35. The van der Waals surface area contributed by atoms with Crippen LogP contribution < -0.4 is 0 Å². The standard InChI is InChI=1S/C22H16Cl2N2O5S/c1-12-16(9-15-3-5-20(31-15)17-8-13(23)2-4-19(17)24)21(27)26(22(28)18(12)10-25)14-6-7-32(29,30)11-14/h2-5,8-9,14H,6-7,11H2,1H3/b16-9+. The molecule has 4 rings (SSSR count). The van der Waals surface area contributed by atoms with Crippen LogP contribution in [0.15, 0.2) is 51.5 Å². The number of carbonyl (C=O) groups excluding carboxylic acids is 2. The minimum Gasteiger partial charge on any atom is -0.457 e. The smallest absolute Gasteiger partial charge is 0.271 e. The molecule has 0 N–H and O–H groups in total. The molecule has 1 unspecified atom stereocenters. The van der Waals surface area contributed by atoms with Crippen LogP contribution in [0.1, 0.15) is 19.1 Å². The van der Waals surface area contributed by atoms with E-state index in [0.717, 1.165) is 4.90 Å². The van der Waals surface area contributed by atoms with Gasteiger partial charge in [-0.3, -0.25) is 14.5 Å². The number of imide groups is 1. The molecule has 0 aliphatic carbocycles. The zero-order valence-corrected chi connectivity index (χ0v) is 19.1. The van der Waals surface area contributed by atoms with Gasteiger partial charge >= 0.3 is 0 Å². The Morgan fingerprint density at radius 1 is 1.19 bits per heavy atom. The number of benzene rings is 1. The van der Waals surface area contributed by atoms with Gasteiger partial charge in [-0.2, -0.15) is 5.26 Å². The highest BCUT2D eigenvalue weighted by Crippen LogP contribution is 2.34. The summed E-state index contributed by atoms with van der Waals surface area (Å²) >= 11 is 12.3. The maximum absolute atomic E-state index is 13.2. The van der Waals surface area contributed by atoms with Crippen molar-refractivity contribution in [1.29, 1.82) is 5.26 Å². The highest BCUT2D eigenvalue weighted by atomic mass is 35.5. The summed E-state index contributed by atoms with van der Waals surface area (Å²) in [6.07, 6.45) is 1.57. The molecule has 10 heteroatoms. The molecule has 164 valence electrons. The van der Waals surface area contributed by atoms with E-state index in [0.29, 0.717) is 27.1 Å². The predicted molar refractivity (Wildman–Crippen MR) is 119 cm³/mol. The van der Waals surface area contributed by atoms with Gasteiger partial charge in [-0.15, -0.1) is 0 Å². The number of halogens is 2. The Bertz CT molecular complexity index is 1360. The molecule has 1 aromatic carbocycles. The van der Waals surface area contributed by atoms with E-state index in [2.05, 4.69) is 0 Å². The lowest BCUT2D eigenvalue weighted by Gasteiger charge is -2.31. The van der Waals surface area contributed by atoms with E-state index in [4.69, 9.17) is 27.6 Å². The van der Waals surface area contributed by atoms with Crippen LogP contribution >= 0.6 is 23.2 Å². The second-order valence-corrected chi connectivity index (χ2v) is 10.6. The van der Waals surface area contributed by atoms with Crippen LogP contribution in [-0.4, -0.2) is 42.7 Å². The Morgan fingerprint density at radius 2 is 1.94 bits per heavy atom. The summed E-state index contributed by atoms with van der Waals surface area (Å²) in [5, 5.41) is 10.4. The zero-order valence-electron chi connectivity index (χ0n) is 16.8. The van der Waals surface area contributed by atoms with Crippen molar-refractivity contribution in [2.24, 2.45) is 0 Å². The van der Waals surface area contributed by atoms with Gasteiger partial charge in [-0.1, -0.05) is 23.2 Å². The van der Waals surface area contributed by atoms with Gasteiger partial charge in [0.05, 0.1) is 22.6 Å². The molecule has 1 atom stereocenters. The Hall–Kier alpha value is -2.86. The van der Waals surface area contributed by atoms with E-state index < -0.39 is 27.7 Å². The van der Waals surface area contributed by atoms with Crippen molar-refractivity contribution in [3.05, 3.63) is 62.9 Å². The molecule has 2 aliphatic rings. The molecule has 0 spiro atoms. The van der Waals surface area contributed by atoms with E-state index in [1.54, 1.807) is 30.3 Å². The number of carbonyl (C=O) groups is 2. The molecule has 0 saturated carbocycles. The normalized spacial score (nSPS) is 22.0. The molecule has 7 nitrogen and oxygen atoms in total. The van der Waals surface area contributed by atoms with Gasteiger partial charge in [0.2, 0.25) is 0 Å². The predicted octanol–water partition coefficient (Wildman–Crippen LogP) is 4.03. The molecule has 1 fully saturated rings. The third-order valence-electron chi connectivity index (χ3n) is 5.45. The van der Waals surface area contributed by atoms with Crippen molar-refractivity contribution in [3.8, 4) is 17.4 Å². The lowest BCUT2D eigenvalue weighted by Crippen LogP contribution is -2.49. The van der Waals surface area contributed by atoms with Crippen molar-refractivity contribution in [3.63, 3.8) is 0 Å². The molecule has 0 radical (unpaired) electrons. The van der Waals surface area contributed by atoms with Gasteiger partial charge in [0, 0.05) is 16.2 Å². The Morgan fingerprint density at radius 3 is 2.59 bits per heavy atom. The van der Waals surface area contributed by atoms with Gasteiger partial charge in [-0.25, -0.2) is 8.42 Å². The fourth-order valence-corrected chi connectivity index (χ4v) is 5.90. The van der Waals surface area contributed by atoms with Crippen LogP contribution in [0, 0.1) is 11.3 Å². The summed E-state index contributed by atoms with van der Waals surface area (Å²) in [6, 6.07) is 9.24. The van der Waals surface area contributed by atoms with Crippen LogP contribution in [0.2, 0.25) is 10.0 Å². The number of sulfone groups is 1. The fourth-order valence-electron chi connectivity index (χ4n) is 3.81. The first-order valence-electron chi connectivity index (χ1n) is 9.58. The van der Waals surface area contributed by atoms with Crippen LogP contribution in [0.4, 0.5) is 0 Å². The summed E-state index contributed by atoms with van der Waals surface area (Å²) in [6.45, 7) is 1.50. The Labute approximate surface area is 194 Å². The molecule has 3 heterocycles. The topological polar surface area (TPSA) is 108 Å². The van der Waals surface area contributed by atoms with Crippen molar-refractivity contribution in [2.45, 2.75) is 19.4 Å². The fraction of sp³-hybridized carbons (Fsp3) is 0.227. The molecule has 0 bridgehead atoms. The third-order valence-corrected chi connectivity index (χ3v) is 7.77. The van der Waals surface area contributed by atoms with Crippen LogP contribution in [-0.2, 0) is 19.4 Å². The lowest BCUT2D eigenvalue weighted by atomic mass is 9.93. The largest absolute Gasteiger partial charge is 0.457 e. The molecular weight excluding hydrogens is 475 g/mol. The van der Waals surface area contributed by atoms with Gasteiger partial charge in [-0.05, 0) is 55.3 Å². The zero-order chi connectivity index (χ0) is 23.2. The molecule has 1 saturated heterocycles. The second-order valence-electron chi connectivity index (χ2n) is 7.53. The molecule has 2 amide bonds. The van der Waals surface area contributed by atoms with E-state index in [-0.39, 0.29) is 34.6 Å². The monoisotopic (exact) mass is 490 g/mol.